The molecule has 1 N–H and O–H groups in total. The number of hydrogen-bond acceptors (Lipinski definition) is 4. The minimum Gasteiger partial charge on any atom is -0.392 e. The Morgan fingerprint density at radius 3 is 2.85 bits per heavy atom. The molecule has 0 spiro atoms. The number of benzene rings is 1. The maximum atomic E-state index is 13.7. The van der Waals surface area contributed by atoms with E-state index in [9.17, 15) is 12.8 Å². The zero-order valence-corrected chi connectivity index (χ0v) is 13.2. The van der Waals surface area contributed by atoms with Gasteiger partial charge in [-0.05, 0) is 12.1 Å². The minimum absolute atomic E-state index is 0.0738. The summed E-state index contributed by atoms with van der Waals surface area (Å²) in [5.41, 5.74) is 0.0738. The quantitative estimate of drug-likeness (QED) is 0.916. The summed E-state index contributed by atoms with van der Waals surface area (Å²) in [6.45, 7) is 2.24. The first-order chi connectivity index (χ1) is 9.36. The van der Waals surface area contributed by atoms with Gasteiger partial charge in [0, 0.05) is 29.7 Å². The van der Waals surface area contributed by atoms with Crippen molar-refractivity contribution in [3.05, 3.63) is 28.5 Å². The van der Waals surface area contributed by atoms with Gasteiger partial charge in [0.15, 0.2) is 0 Å². The molecular weight excluding hydrogens is 325 g/mol. The summed E-state index contributed by atoms with van der Waals surface area (Å²) in [7, 11) is -3.76. The average Bonchev–Trinajstić information content (AvgIpc) is 2.41. The van der Waals surface area contributed by atoms with Gasteiger partial charge in [0.2, 0.25) is 10.0 Å². The molecule has 0 amide bonds. The zero-order valence-electron chi connectivity index (χ0n) is 10.8. The summed E-state index contributed by atoms with van der Waals surface area (Å²) in [5, 5.41) is 9.08. The van der Waals surface area contributed by atoms with E-state index in [1.807, 2.05) is 6.92 Å². The van der Waals surface area contributed by atoms with E-state index in [1.54, 1.807) is 11.8 Å². The standard InChI is InChI=1S/C12H15ClFNO3S2/c1-8-6-15(2-3-19-8)20(17,18)10-4-9(7-16)12(13)11(14)5-10/h4-5,8,16H,2-3,6-7H2,1H3. The Hall–Kier alpha value is -0.340. The molecule has 20 heavy (non-hydrogen) atoms. The molecule has 1 aliphatic rings. The number of rotatable bonds is 3. The van der Waals surface area contributed by atoms with Crippen LogP contribution in [0.3, 0.4) is 0 Å². The maximum Gasteiger partial charge on any atom is 0.243 e. The molecule has 4 nitrogen and oxygen atoms in total. The van der Waals surface area contributed by atoms with Crippen molar-refractivity contribution in [3.63, 3.8) is 0 Å². The predicted octanol–water partition coefficient (Wildman–Crippen LogP) is 2.10. The Morgan fingerprint density at radius 1 is 1.55 bits per heavy atom. The van der Waals surface area contributed by atoms with Gasteiger partial charge < -0.3 is 5.11 Å². The van der Waals surface area contributed by atoms with Gasteiger partial charge in [-0.3, -0.25) is 0 Å². The lowest BCUT2D eigenvalue weighted by Crippen LogP contribution is -2.41. The Kier molecular flexibility index (Phi) is 4.96. The number of aliphatic hydroxyl groups is 1. The van der Waals surface area contributed by atoms with Crippen molar-refractivity contribution in [2.45, 2.75) is 23.7 Å². The van der Waals surface area contributed by atoms with E-state index in [0.29, 0.717) is 18.8 Å². The fraction of sp³-hybridized carbons (Fsp3) is 0.500. The predicted molar refractivity (Wildman–Crippen MR) is 78.0 cm³/mol. The largest absolute Gasteiger partial charge is 0.392 e. The second kappa shape index (κ2) is 6.19. The first-order valence-electron chi connectivity index (χ1n) is 6.06. The lowest BCUT2D eigenvalue weighted by atomic mass is 10.2. The third-order valence-electron chi connectivity index (χ3n) is 3.09. The molecule has 1 aromatic rings. The van der Waals surface area contributed by atoms with Gasteiger partial charge in [-0.15, -0.1) is 0 Å². The highest BCUT2D eigenvalue weighted by atomic mass is 35.5. The van der Waals surface area contributed by atoms with Crippen LogP contribution in [-0.4, -0.2) is 41.9 Å². The third-order valence-corrected chi connectivity index (χ3v) is 6.49. The van der Waals surface area contributed by atoms with Crippen molar-refractivity contribution in [1.29, 1.82) is 0 Å². The van der Waals surface area contributed by atoms with Crippen LogP contribution < -0.4 is 0 Å². The normalized spacial score (nSPS) is 21.1. The SMILES string of the molecule is CC1CN(S(=O)(=O)c2cc(F)c(Cl)c(CO)c2)CCS1. The Balaban J connectivity index is 2.41. The van der Waals surface area contributed by atoms with Crippen molar-refractivity contribution in [3.8, 4) is 0 Å². The van der Waals surface area contributed by atoms with Crippen LogP contribution in [0.2, 0.25) is 5.02 Å². The summed E-state index contributed by atoms with van der Waals surface area (Å²) < 4.78 is 40.0. The van der Waals surface area contributed by atoms with E-state index >= 15 is 0 Å². The second-order valence-corrected chi connectivity index (χ2v) is 8.44. The van der Waals surface area contributed by atoms with Crippen LogP contribution in [0.4, 0.5) is 4.39 Å². The molecule has 1 heterocycles. The van der Waals surface area contributed by atoms with Gasteiger partial charge in [-0.1, -0.05) is 18.5 Å². The van der Waals surface area contributed by atoms with Crippen molar-refractivity contribution in [2.24, 2.45) is 0 Å². The summed E-state index contributed by atoms with van der Waals surface area (Å²) in [5.74, 6) is -0.125. The highest BCUT2D eigenvalue weighted by molar-refractivity contribution is 8.00. The Bertz CT molecular complexity index is 609. The molecule has 1 atom stereocenters. The molecule has 1 saturated heterocycles. The molecule has 8 heteroatoms. The highest BCUT2D eigenvalue weighted by Gasteiger charge is 2.30. The van der Waals surface area contributed by atoms with E-state index in [0.717, 1.165) is 6.07 Å². The number of nitrogens with zero attached hydrogens (tertiary/aromatic N) is 1. The summed E-state index contributed by atoms with van der Waals surface area (Å²) >= 11 is 7.38. The van der Waals surface area contributed by atoms with Gasteiger partial charge in [0.25, 0.3) is 0 Å². The molecule has 112 valence electrons. The van der Waals surface area contributed by atoms with Crippen molar-refractivity contribution < 1.29 is 17.9 Å². The second-order valence-electron chi connectivity index (χ2n) is 4.58. The molecule has 1 aromatic carbocycles. The number of hydrogen-bond donors (Lipinski definition) is 1. The molecule has 0 aliphatic carbocycles. The van der Waals surface area contributed by atoms with Crippen molar-refractivity contribution in [2.75, 3.05) is 18.8 Å². The first-order valence-corrected chi connectivity index (χ1v) is 8.93. The zero-order chi connectivity index (χ0) is 14.9. The minimum atomic E-state index is -3.76. The van der Waals surface area contributed by atoms with E-state index in [2.05, 4.69) is 0 Å². The number of aliphatic hydroxyl groups excluding tert-OH is 1. The van der Waals surface area contributed by atoms with Gasteiger partial charge in [-0.2, -0.15) is 16.1 Å². The smallest absolute Gasteiger partial charge is 0.243 e. The lowest BCUT2D eigenvalue weighted by molar-refractivity contribution is 0.281. The van der Waals surface area contributed by atoms with Gasteiger partial charge >= 0.3 is 0 Å². The molecular formula is C12H15ClFNO3S2. The Morgan fingerprint density at radius 2 is 2.25 bits per heavy atom. The summed E-state index contributed by atoms with van der Waals surface area (Å²) in [6.07, 6.45) is 0. The summed E-state index contributed by atoms with van der Waals surface area (Å²) in [6, 6.07) is 2.14. The molecule has 1 unspecified atom stereocenters. The topological polar surface area (TPSA) is 57.6 Å². The van der Waals surface area contributed by atoms with Crippen LogP contribution in [0.1, 0.15) is 12.5 Å². The maximum absolute atomic E-state index is 13.7. The highest BCUT2D eigenvalue weighted by Crippen LogP contribution is 2.28. The molecule has 1 fully saturated rings. The van der Waals surface area contributed by atoms with Crippen LogP contribution in [0.5, 0.6) is 0 Å². The van der Waals surface area contributed by atoms with E-state index in [4.69, 9.17) is 16.7 Å². The van der Waals surface area contributed by atoms with Gasteiger partial charge in [0.1, 0.15) is 5.82 Å². The van der Waals surface area contributed by atoms with Gasteiger partial charge in [0.05, 0.1) is 16.5 Å². The fourth-order valence-corrected chi connectivity index (χ4v) is 5.02. The molecule has 0 radical (unpaired) electrons. The number of sulfonamides is 1. The van der Waals surface area contributed by atoms with Crippen LogP contribution in [0, 0.1) is 5.82 Å². The molecule has 1 aliphatic heterocycles. The number of thioether (sulfide) groups is 1. The third kappa shape index (κ3) is 3.12. The van der Waals surface area contributed by atoms with E-state index < -0.39 is 22.4 Å². The van der Waals surface area contributed by atoms with Gasteiger partial charge in [-0.25, -0.2) is 12.8 Å². The van der Waals surface area contributed by atoms with Crippen LogP contribution in [0.15, 0.2) is 17.0 Å². The van der Waals surface area contributed by atoms with E-state index in [1.165, 1.54) is 10.4 Å². The van der Waals surface area contributed by atoms with Crippen molar-refractivity contribution in [1.82, 2.24) is 4.31 Å². The average molecular weight is 340 g/mol. The monoisotopic (exact) mass is 339 g/mol. The first kappa shape index (κ1) is 16.0. The molecule has 2 rings (SSSR count). The molecule has 0 aromatic heterocycles. The van der Waals surface area contributed by atoms with Crippen LogP contribution in [0.25, 0.3) is 0 Å². The van der Waals surface area contributed by atoms with E-state index in [-0.39, 0.29) is 20.7 Å². The van der Waals surface area contributed by atoms with Crippen molar-refractivity contribution >= 4 is 33.4 Å². The van der Waals surface area contributed by atoms with Crippen LogP contribution >= 0.6 is 23.4 Å². The fourth-order valence-electron chi connectivity index (χ4n) is 2.04. The molecule has 0 saturated carbocycles. The molecule has 0 bridgehead atoms. The lowest BCUT2D eigenvalue weighted by Gasteiger charge is -2.29. The van der Waals surface area contributed by atoms with Crippen LogP contribution in [-0.2, 0) is 16.6 Å². The number of halogens is 2. The Labute approximate surface area is 127 Å². The summed E-state index contributed by atoms with van der Waals surface area (Å²) in [4.78, 5) is -0.164.